The predicted molar refractivity (Wildman–Crippen MR) is 85.7 cm³/mol. The molecule has 1 aliphatic rings. The third-order valence-corrected chi connectivity index (χ3v) is 3.95. The highest BCUT2D eigenvalue weighted by Crippen LogP contribution is 2.23. The van der Waals surface area contributed by atoms with Gasteiger partial charge in [0, 0.05) is 31.1 Å². The average molecular weight is 282 g/mol. The summed E-state index contributed by atoms with van der Waals surface area (Å²) in [7, 11) is 0. The Labute approximate surface area is 125 Å². The molecule has 20 heavy (non-hydrogen) atoms. The monoisotopic (exact) mass is 282 g/mol. The maximum absolute atomic E-state index is 12.2. The first-order valence-electron chi connectivity index (χ1n) is 8.25. The highest BCUT2D eigenvalue weighted by atomic mass is 16.2. The molecule has 0 aromatic rings. The van der Waals surface area contributed by atoms with E-state index in [9.17, 15) is 4.79 Å². The van der Waals surface area contributed by atoms with E-state index in [-0.39, 0.29) is 11.3 Å². The molecule has 0 bridgehead atoms. The zero-order valence-electron chi connectivity index (χ0n) is 14.3. The fraction of sp³-hybridized carbons (Fsp3) is 0.941. The minimum Gasteiger partial charge on any atom is -0.352 e. The molecule has 2 unspecified atom stereocenters. The van der Waals surface area contributed by atoms with E-state index < -0.39 is 0 Å². The van der Waals surface area contributed by atoms with Gasteiger partial charge >= 0.3 is 0 Å². The van der Waals surface area contributed by atoms with Crippen LogP contribution in [0.15, 0.2) is 0 Å². The number of piperidine rings is 1. The lowest BCUT2D eigenvalue weighted by molar-refractivity contribution is -0.129. The number of nitrogens with zero attached hydrogens (tertiary/aromatic N) is 1. The zero-order chi connectivity index (χ0) is 15.3. The van der Waals surface area contributed by atoms with Gasteiger partial charge in [-0.1, -0.05) is 48.0 Å². The number of likely N-dealkylation sites (tertiary alicyclic amines) is 1. The Morgan fingerprint density at radius 3 is 2.45 bits per heavy atom. The molecule has 1 N–H and O–H groups in total. The van der Waals surface area contributed by atoms with Crippen molar-refractivity contribution in [3.8, 4) is 0 Å². The van der Waals surface area contributed by atoms with Crippen LogP contribution in [0.25, 0.3) is 0 Å². The lowest BCUT2D eigenvalue weighted by Crippen LogP contribution is -2.53. The lowest BCUT2D eigenvalue weighted by atomic mass is 9.88. The van der Waals surface area contributed by atoms with Crippen molar-refractivity contribution in [3.05, 3.63) is 0 Å². The maximum Gasteiger partial charge on any atom is 0.225 e. The summed E-state index contributed by atoms with van der Waals surface area (Å²) >= 11 is 0. The van der Waals surface area contributed by atoms with Gasteiger partial charge in [0.05, 0.1) is 0 Å². The van der Waals surface area contributed by atoms with Gasteiger partial charge in [-0.2, -0.15) is 0 Å². The van der Waals surface area contributed by atoms with Gasteiger partial charge in [0.1, 0.15) is 0 Å². The number of hydrogen-bond donors (Lipinski definition) is 1. The van der Waals surface area contributed by atoms with Crippen LogP contribution in [-0.2, 0) is 4.79 Å². The number of nitrogens with one attached hydrogen (secondary N) is 1. The molecule has 3 heteroatoms. The number of carbonyl (C=O) groups excluding carboxylic acids is 1. The second kappa shape index (κ2) is 7.44. The van der Waals surface area contributed by atoms with Crippen LogP contribution >= 0.6 is 0 Å². The number of carbonyl (C=O) groups is 1. The summed E-state index contributed by atoms with van der Waals surface area (Å²) in [6, 6.07) is 0.325. The van der Waals surface area contributed by atoms with Crippen LogP contribution in [0.2, 0.25) is 0 Å². The molecule has 0 aromatic heterocycles. The Morgan fingerprint density at radius 1 is 1.30 bits per heavy atom. The lowest BCUT2D eigenvalue weighted by Gasteiger charge is -2.39. The molecule has 1 heterocycles. The summed E-state index contributed by atoms with van der Waals surface area (Å²) in [5.74, 6) is 1.61. The van der Waals surface area contributed by atoms with Gasteiger partial charge in [0.2, 0.25) is 5.91 Å². The smallest absolute Gasteiger partial charge is 0.225 e. The van der Waals surface area contributed by atoms with E-state index >= 15 is 0 Å². The minimum atomic E-state index is -0.291. The van der Waals surface area contributed by atoms with Gasteiger partial charge in [-0.05, 0) is 24.7 Å². The van der Waals surface area contributed by atoms with Crippen molar-refractivity contribution >= 4 is 5.91 Å². The Kier molecular flexibility index (Phi) is 6.50. The van der Waals surface area contributed by atoms with Crippen molar-refractivity contribution in [1.82, 2.24) is 10.2 Å². The van der Waals surface area contributed by atoms with Crippen molar-refractivity contribution in [1.29, 1.82) is 0 Å². The van der Waals surface area contributed by atoms with Crippen LogP contribution in [0.5, 0.6) is 0 Å². The Hall–Kier alpha value is -0.570. The summed E-state index contributed by atoms with van der Waals surface area (Å²) in [5, 5.41) is 3.27. The van der Waals surface area contributed by atoms with Gasteiger partial charge in [-0.3, -0.25) is 4.79 Å². The van der Waals surface area contributed by atoms with Crippen molar-refractivity contribution < 1.29 is 4.79 Å². The van der Waals surface area contributed by atoms with Crippen molar-refractivity contribution in [2.45, 2.75) is 66.8 Å². The SMILES string of the molecule is CCCC1CC(NC(=O)C(C)(C)C)CN(CC(C)C)C1. The van der Waals surface area contributed by atoms with Crippen molar-refractivity contribution in [3.63, 3.8) is 0 Å². The van der Waals surface area contributed by atoms with E-state index in [2.05, 4.69) is 31.0 Å². The molecular formula is C17H34N2O. The average Bonchev–Trinajstić information content (AvgIpc) is 2.26. The first-order chi connectivity index (χ1) is 9.22. The van der Waals surface area contributed by atoms with E-state index in [0.717, 1.165) is 25.4 Å². The zero-order valence-corrected chi connectivity index (χ0v) is 14.3. The minimum absolute atomic E-state index is 0.184. The molecule has 118 valence electrons. The van der Waals surface area contributed by atoms with Gasteiger partial charge in [-0.15, -0.1) is 0 Å². The molecule has 0 radical (unpaired) electrons. The number of amides is 1. The standard InChI is InChI=1S/C17H34N2O/c1-7-8-14-9-15(18-16(20)17(4,5)6)12-19(11-14)10-13(2)3/h13-15H,7-12H2,1-6H3,(H,18,20). The van der Waals surface area contributed by atoms with Crippen LogP contribution in [0.4, 0.5) is 0 Å². The topological polar surface area (TPSA) is 32.3 Å². The van der Waals surface area contributed by atoms with Gasteiger partial charge < -0.3 is 10.2 Å². The third-order valence-electron chi connectivity index (χ3n) is 3.95. The fourth-order valence-corrected chi connectivity index (χ4v) is 3.09. The molecule has 0 saturated carbocycles. The van der Waals surface area contributed by atoms with Crippen LogP contribution < -0.4 is 5.32 Å². The molecule has 1 saturated heterocycles. The predicted octanol–water partition coefficient (Wildman–Crippen LogP) is 3.30. The largest absolute Gasteiger partial charge is 0.352 e. The quantitative estimate of drug-likeness (QED) is 0.839. The number of hydrogen-bond acceptors (Lipinski definition) is 2. The third kappa shape index (κ3) is 5.82. The summed E-state index contributed by atoms with van der Waals surface area (Å²) in [6.07, 6.45) is 3.65. The summed E-state index contributed by atoms with van der Waals surface area (Å²) in [6.45, 7) is 16.1. The summed E-state index contributed by atoms with van der Waals surface area (Å²) < 4.78 is 0. The Balaban J connectivity index is 2.62. The second-order valence-corrected chi connectivity index (χ2v) is 7.92. The molecule has 1 rings (SSSR count). The molecule has 0 spiro atoms. The van der Waals surface area contributed by atoms with Crippen molar-refractivity contribution in [2.75, 3.05) is 19.6 Å². The normalized spacial score (nSPS) is 24.9. The molecule has 0 aliphatic carbocycles. The molecule has 3 nitrogen and oxygen atoms in total. The van der Waals surface area contributed by atoms with Crippen LogP contribution in [-0.4, -0.2) is 36.5 Å². The highest BCUT2D eigenvalue weighted by Gasteiger charge is 2.30. The van der Waals surface area contributed by atoms with Gasteiger partial charge in [0.15, 0.2) is 0 Å². The van der Waals surface area contributed by atoms with Crippen LogP contribution in [0.1, 0.15) is 60.8 Å². The summed E-state index contributed by atoms with van der Waals surface area (Å²) in [4.78, 5) is 14.7. The fourth-order valence-electron chi connectivity index (χ4n) is 3.09. The van der Waals surface area contributed by atoms with Gasteiger partial charge in [0.25, 0.3) is 0 Å². The van der Waals surface area contributed by atoms with E-state index in [0.29, 0.717) is 12.0 Å². The Bertz CT molecular complexity index is 307. The molecular weight excluding hydrogens is 248 g/mol. The Morgan fingerprint density at radius 2 is 1.95 bits per heavy atom. The molecule has 1 fully saturated rings. The number of rotatable bonds is 5. The van der Waals surface area contributed by atoms with E-state index in [1.807, 2.05) is 20.8 Å². The maximum atomic E-state index is 12.2. The molecule has 2 atom stereocenters. The molecule has 1 amide bonds. The van der Waals surface area contributed by atoms with Crippen LogP contribution in [0.3, 0.4) is 0 Å². The first-order valence-corrected chi connectivity index (χ1v) is 8.25. The van der Waals surface area contributed by atoms with E-state index in [1.165, 1.54) is 19.4 Å². The van der Waals surface area contributed by atoms with Crippen molar-refractivity contribution in [2.24, 2.45) is 17.3 Å². The van der Waals surface area contributed by atoms with E-state index in [4.69, 9.17) is 0 Å². The second-order valence-electron chi connectivity index (χ2n) is 7.92. The molecule has 1 aliphatic heterocycles. The summed E-state index contributed by atoms with van der Waals surface area (Å²) in [5.41, 5.74) is -0.291. The molecule has 0 aromatic carbocycles. The highest BCUT2D eigenvalue weighted by molar-refractivity contribution is 5.81. The van der Waals surface area contributed by atoms with Gasteiger partial charge in [-0.25, -0.2) is 0 Å². The van der Waals surface area contributed by atoms with E-state index in [1.54, 1.807) is 0 Å². The first kappa shape index (κ1) is 17.5. The van der Waals surface area contributed by atoms with Crippen LogP contribution in [0, 0.1) is 17.3 Å².